The van der Waals surface area contributed by atoms with E-state index in [1.165, 1.54) is 33.2 Å². The number of hydrogen-bond donors (Lipinski definition) is 0. The van der Waals surface area contributed by atoms with Gasteiger partial charge in [-0.15, -0.1) is 11.3 Å². The van der Waals surface area contributed by atoms with Crippen LogP contribution in [0.3, 0.4) is 0 Å². The van der Waals surface area contributed by atoms with Gasteiger partial charge in [-0.25, -0.2) is 18.4 Å². The third-order valence-electron chi connectivity index (χ3n) is 3.99. The fourth-order valence-electron chi connectivity index (χ4n) is 2.75. The van der Waals surface area contributed by atoms with Gasteiger partial charge in [0.15, 0.2) is 0 Å². The van der Waals surface area contributed by atoms with Crippen molar-refractivity contribution in [3.63, 3.8) is 0 Å². The minimum atomic E-state index is -3.40. The number of sulfonamides is 1. The van der Waals surface area contributed by atoms with Gasteiger partial charge in [-0.2, -0.15) is 0 Å². The number of hydrogen-bond acceptors (Lipinski definition) is 9. The third kappa shape index (κ3) is 3.64. The van der Waals surface area contributed by atoms with Crippen LogP contribution in [0.4, 0.5) is 5.00 Å². The van der Waals surface area contributed by atoms with Gasteiger partial charge in [0.2, 0.25) is 10.0 Å². The molecule has 11 heteroatoms. The van der Waals surface area contributed by atoms with Crippen LogP contribution >= 0.6 is 22.7 Å². The Morgan fingerprint density at radius 3 is 2.86 bits per heavy atom. The number of rotatable bonds is 5. The molecule has 4 rings (SSSR count). The van der Waals surface area contributed by atoms with E-state index in [0.29, 0.717) is 41.0 Å². The molecule has 4 heterocycles. The van der Waals surface area contributed by atoms with E-state index in [2.05, 4.69) is 20.1 Å². The van der Waals surface area contributed by atoms with Gasteiger partial charge < -0.3 is 4.84 Å². The van der Waals surface area contributed by atoms with E-state index in [9.17, 15) is 8.42 Å². The molecule has 146 valence electrons. The number of oxime groups is 1. The van der Waals surface area contributed by atoms with Gasteiger partial charge in [0.1, 0.15) is 33.0 Å². The second-order valence-corrected chi connectivity index (χ2v) is 9.90. The van der Waals surface area contributed by atoms with Crippen LogP contribution in [-0.2, 0) is 14.9 Å². The van der Waals surface area contributed by atoms with Gasteiger partial charge in [-0.1, -0.05) is 16.5 Å². The zero-order chi connectivity index (χ0) is 19.7. The Morgan fingerprint density at radius 2 is 2.14 bits per heavy atom. The first-order valence-corrected chi connectivity index (χ1v) is 12.0. The molecule has 0 fully saturated rings. The molecule has 0 aromatic carbocycles. The van der Waals surface area contributed by atoms with Crippen LogP contribution in [0.5, 0.6) is 0 Å². The molecule has 0 spiro atoms. The molecular weight excluding hydrogens is 418 g/mol. The first-order chi connectivity index (χ1) is 13.5. The first-order valence-electron chi connectivity index (χ1n) is 8.51. The Kier molecular flexibility index (Phi) is 5.13. The summed E-state index contributed by atoms with van der Waals surface area (Å²) in [5.41, 5.74) is 2.15. The lowest BCUT2D eigenvalue weighted by Crippen LogP contribution is -2.36. The summed E-state index contributed by atoms with van der Waals surface area (Å²) in [6, 6.07) is 3.81. The average molecular weight is 436 g/mol. The maximum Gasteiger partial charge on any atom is 0.232 e. The van der Waals surface area contributed by atoms with Crippen molar-refractivity contribution in [1.29, 1.82) is 0 Å². The molecule has 28 heavy (non-hydrogen) atoms. The molecule has 0 N–H and O–H groups in total. The minimum absolute atomic E-state index is 0.322. The first kappa shape index (κ1) is 19.0. The SMILES string of the molecule is CCO/N=C1\CCN(S(C)(=O)=O)c2sc(-c3cnc(-c4cccnc4)s3)nc21. The van der Waals surface area contributed by atoms with Crippen molar-refractivity contribution in [3.8, 4) is 20.5 Å². The van der Waals surface area contributed by atoms with Crippen molar-refractivity contribution in [2.45, 2.75) is 13.3 Å². The zero-order valence-electron chi connectivity index (χ0n) is 15.2. The molecule has 0 bridgehead atoms. The number of thiazole rings is 2. The van der Waals surface area contributed by atoms with E-state index in [4.69, 9.17) is 4.84 Å². The molecule has 3 aromatic heterocycles. The molecule has 0 atom stereocenters. The Labute approximate surface area is 170 Å². The molecule has 1 aliphatic rings. The van der Waals surface area contributed by atoms with Crippen LogP contribution in [0.15, 0.2) is 35.9 Å². The summed E-state index contributed by atoms with van der Waals surface area (Å²) in [6.45, 7) is 2.61. The highest BCUT2D eigenvalue weighted by molar-refractivity contribution is 7.92. The largest absolute Gasteiger partial charge is 0.396 e. The quantitative estimate of drug-likeness (QED) is 0.571. The highest BCUT2D eigenvalue weighted by atomic mass is 32.2. The van der Waals surface area contributed by atoms with Gasteiger partial charge in [-0.3, -0.25) is 9.29 Å². The molecule has 0 radical (unpaired) electrons. The van der Waals surface area contributed by atoms with Crippen LogP contribution in [0, 0.1) is 0 Å². The Bertz CT molecular complexity index is 1120. The molecule has 0 aliphatic carbocycles. The summed E-state index contributed by atoms with van der Waals surface area (Å²) < 4.78 is 25.8. The summed E-state index contributed by atoms with van der Waals surface area (Å²) in [6.07, 6.45) is 6.88. The number of nitrogens with zero attached hydrogens (tertiary/aromatic N) is 5. The van der Waals surface area contributed by atoms with E-state index in [1.54, 1.807) is 18.6 Å². The molecule has 0 amide bonds. The standard InChI is InChI=1S/C17H17N5O3S3/c1-3-25-21-12-6-8-22(28(2,23)24)17-14(12)20-16(27-17)13-10-19-15(26-13)11-5-4-7-18-9-11/h4-5,7,9-10H,3,6,8H2,1-2H3/b21-12+. The lowest BCUT2D eigenvalue weighted by Gasteiger charge is -2.25. The van der Waals surface area contributed by atoms with Crippen LogP contribution in [0.1, 0.15) is 19.0 Å². The van der Waals surface area contributed by atoms with Crippen LogP contribution in [0.2, 0.25) is 0 Å². The molecule has 1 aliphatic heterocycles. The van der Waals surface area contributed by atoms with Gasteiger partial charge in [0, 0.05) is 37.1 Å². The van der Waals surface area contributed by atoms with Crippen molar-refractivity contribution < 1.29 is 13.3 Å². The van der Waals surface area contributed by atoms with E-state index in [0.717, 1.165) is 15.4 Å². The Balaban J connectivity index is 1.76. The maximum atomic E-state index is 12.2. The molecular formula is C17H17N5O3S3. The predicted molar refractivity (Wildman–Crippen MR) is 111 cm³/mol. The second kappa shape index (κ2) is 7.57. The Hall–Kier alpha value is -2.37. The lowest BCUT2D eigenvalue weighted by molar-refractivity contribution is 0.158. The monoisotopic (exact) mass is 435 g/mol. The fraction of sp³-hybridized carbons (Fsp3) is 0.294. The van der Waals surface area contributed by atoms with E-state index in [-0.39, 0.29) is 0 Å². The van der Waals surface area contributed by atoms with E-state index in [1.807, 2.05) is 19.1 Å². The average Bonchev–Trinajstić information content (AvgIpc) is 3.33. The number of pyridine rings is 1. The third-order valence-corrected chi connectivity index (χ3v) is 7.57. The van der Waals surface area contributed by atoms with Crippen LogP contribution < -0.4 is 4.31 Å². The molecule has 3 aromatic rings. The van der Waals surface area contributed by atoms with Gasteiger partial charge >= 0.3 is 0 Å². The predicted octanol–water partition coefficient (Wildman–Crippen LogP) is 3.24. The zero-order valence-corrected chi connectivity index (χ0v) is 17.6. The second-order valence-electron chi connectivity index (χ2n) is 5.99. The van der Waals surface area contributed by atoms with Crippen molar-refractivity contribution in [3.05, 3.63) is 36.4 Å². The summed E-state index contributed by atoms with van der Waals surface area (Å²) in [7, 11) is -3.40. The van der Waals surface area contributed by atoms with Gasteiger partial charge in [0.25, 0.3) is 0 Å². The van der Waals surface area contributed by atoms with Gasteiger partial charge in [0.05, 0.1) is 11.1 Å². The number of anilines is 1. The van der Waals surface area contributed by atoms with E-state index >= 15 is 0 Å². The minimum Gasteiger partial charge on any atom is -0.396 e. The van der Waals surface area contributed by atoms with Crippen LogP contribution in [0.25, 0.3) is 20.5 Å². The van der Waals surface area contributed by atoms with Crippen molar-refractivity contribution >= 4 is 43.4 Å². The number of fused-ring (bicyclic) bond motifs is 1. The molecule has 0 saturated carbocycles. The van der Waals surface area contributed by atoms with E-state index < -0.39 is 10.0 Å². The highest BCUT2D eigenvalue weighted by Gasteiger charge is 2.32. The maximum absolute atomic E-state index is 12.2. The fourth-order valence-corrected chi connectivity index (χ4v) is 6.04. The smallest absolute Gasteiger partial charge is 0.232 e. The van der Waals surface area contributed by atoms with Crippen LogP contribution in [-0.4, -0.2) is 48.5 Å². The summed E-state index contributed by atoms with van der Waals surface area (Å²) >= 11 is 2.81. The topological polar surface area (TPSA) is 97.6 Å². The van der Waals surface area contributed by atoms with Crippen molar-refractivity contribution in [1.82, 2.24) is 15.0 Å². The molecule has 8 nitrogen and oxygen atoms in total. The Morgan fingerprint density at radius 1 is 1.29 bits per heavy atom. The summed E-state index contributed by atoms with van der Waals surface area (Å²) in [5.74, 6) is 0. The molecule has 0 unspecified atom stereocenters. The van der Waals surface area contributed by atoms with Gasteiger partial charge in [-0.05, 0) is 19.1 Å². The van der Waals surface area contributed by atoms with Crippen molar-refractivity contribution in [2.24, 2.45) is 5.16 Å². The summed E-state index contributed by atoms with van der Waals surface area (Å²) in [4.78, 5) is 19.3. The highest BCUT2D eigenvalue weighted by Crippen LogP contribution is 2.41. The van der Waals surface area contributed by atoms with Crippen molar-refractivity contribution in [2.75, 3.05) is 23.7 Å². The molecule has 0 saturated heterocycles. The summed E-state index contributed by atoms with van der Waals surface area (Å²) in [5, 5.41) is 6.24. The lowest BCUT2D eigenvalue weighted by atomic mass is 10.1. The normalized spacial score (nSPS) is 15.6. The number of aromatic nitrogens is 3.